The van der Waals surface area contributed by atoms with E-state index < -0.39 is 0 Å². The van der Waals surface area contributed by atoms with Gasteiger partial charge in [-0.25, -0.2) is 0 Å². The Morgan fingerprint density at radius 3 is 1.07 bits per heavy atom. The summed E-state index contributed by atoms with van der Waals surface area (Å²) in [5.74, 6) is 0.828. The highest BCUT2D eigenvalue weighted by Gasteiger charge is 2.53. The van der Waals surface area contributed by atoms with Crippen LogP contribution in [0.25, 0.3) is 0 Å². The van der Waals surface area contributed by atoms with Crippen molar-refractivity contribution in [3.05, 3.63) is 132 Å². The van der Waals surface area contributed by atoms with E-state index >= 15 is 0 Å². The van der Waals surface area contributed by atoms with Crippen LogP contribution in [0.1, 0.15) is 45.9 Å². The number of benzene rings is 4. The number of aromatic hydroxyl groups is 4. The SMILES string of the molecule is C=CCOc1ccc(C2C(c3cc(O)cc(O)c3)C(c3ccc(OCC=C)cc3)C2c2cc(O)cc(O)c2)cc1. The van der Waals surface area contributed by atoms with E-state index in [4.69, 9.17) is 9.47 Å². The molecule has 0 amide bonds. The van der Waals surface area contributed by atoms with Crippen LogP contribution in [-0.2, 0) is 0 Å². The zero-order valence-corrected chi connectivity index (χ0v) is 22.0. The van der Waals surface area contributed by atoms with Crippen LogP contribution in [-0.4, -0.2) is 33.6 Å². The summed E-state index contributed by atoms with van der Waals surface area (Å²) in [6, 6.07) is 25.0. The van der Waals surface area contributed by atoms with E-state index in [2.05, 4.69) is 13.2 Å². The molecular weight excluding hydrogens is 504 g/mol. The van der Waals surface area contributed by atoms with Crippen LogP contribution in [0.3, 0.4) is 0 Å². The second-order valence-corrected chi connectivity index (χ2v) is 10.0. The maximum Gasteiger partial charge on any atom is 0.119 e. The molecule has 0 saturated heterocycles. The van der Waals surface area contributed by atoms with Gasteiger partial charge >= 0.3 is 0 Å². The van der Waals surface area contributed by atoms with Crippen LogP contribution in [0, 0.1) is 0 Å². The molecule has 0 unspecified atom stereocenters. The third kappa shape index (κ3) is 5.47. The second-order valence-electron chi connectivity index (χ2n) is 10.0. The Bertz CT molecular complexity index is 1330. The molecule has 0 spiro atoms. The quantitative estimate of drug-likeness (QED) is 0.162. The van der Waals surface area contributed by atoms with Gasteiger partial charge in [-0.05, 0) is 94.5 Å². The molecule has 4 aromatic carbocycles. The van der Waals surface area contributed by atoms with Crippen LogP contribution < -0.4 is 9.47 Å². The molecular formula is C34H32O6. The molecule has 0 radical (unpaired) electrons. The molecule has 1 fully saturated rings. The molecule has 0 atom stereocenters. The van der Waals surface area contributed by atoms with Crippen LogP contribution in [0.5, 0.6) is 34.5 Å². The topological polar surface area (TPSA) is 99.4 Å². The third-order valence-corrected chi connectivity index (χ3v) is 7.43. The number of ether oxygens (including phenoxy) is 2. The van der Waals surface area contributed by atoms with E-state index in [1.54, 1.807) is 36.4 Å². The summed E-state index contributed by atoms with van der Waals surface area (Å²) < 4.78 is 11.4. The fraction of sp³-hybridized carbons (Fsp3) is 0.176. The first-order valence-electron chi connectivity index (χ1n) is 13.1. The van der Waals surface area contributed by atoms with E-state index in [1.165, 1.54) is 12.1 Å². The number of phenolic OH excluding ortho intramolecular Hbond substituents is 4. The molecule has 6 heteroatoms. The zero-order valence-electron chi connectivity index (χ0n) is 22.0. The Balaban J connectivity index is 1.64. The Morgan fingerprint density at radius 1 is 0.475 bits per heavy atom. The standard InChI is InChI=1S/C34H32O6/c1-3-13-39-29-9-5-21(6-10-29)31-33(23-15-25(35)19-26(36)16-23)32(22-7-11-30(12-8-22)40-14-4-2)34(31)24-17-27(37)20-28(38)18-24/h3-12,15-20,31-38H,1-2,13-14H2. The molecule has 6 nitrogen and oxygen atoms in total. The lowest BCUT2D eigenvalue weighted by Crippen LogP contribution is -2.40. The van der Waals surface area contributed by atoms with Gasteiger partial charge in [-0.2, -0.15) is 0 Å². The Hall–Kier alpha value is -4.84. The van der Waals surface area contributed by atoms with Crippen molar-refractivity contribution in [2.75, 3.05) is 13.2 Å². The van der Waals surface area contributed by atoms with Gasteiger partial charge in [0.15, 0.2) is 0 Å². The molecule has 1 aliphatic carbocycles. The monoisotopic (exact) mass is 536 g/mol. The smallest absolute Gasteiger partial charge is 0.119 e. The summed E-state index contributed by atoms with van der Waals surface area (Å²) >= 11 is 0. The van der Waals surface area contributed by atoms with Crippen LogP contribution >= 0.6 is 0 Å². The lowest BCUT2D eigenvalue weighted by Gasteiger charge is -2.53. The summed E-state index contributed by atoms with van der Waals surface area (Å²) in [7, 11) is 0. The van der Waals surface area contributed by atoms with Crippen molar-refractivity contribution in [2.45, 2.75) is 23.7 Å². The first kappa shape index (κ1) is 26.8. The van der Waals surface area contributed by atoms with E-state index in [1.807, 2.05) is 48.5 Å². The van der Waals surface area contributed by atoms with Gasteiger partial charge in [-0.3, -0.25) is 0 Å². The minimum Gasteiger partial charge on any atom is -0.508 e. The minimum atomic E-state index is -0.146. The third-order valence-electron chi connectivity index (χ3n) is 7.43. The first-order valence-corrected chi connectivity index (χ1v) is 13.1. The van der Waals surface area contributed by atoms with Crippen LogP contribution in [0.2, 0.25) is 0 Å². The highest BCUT2D eigenvalue weighted by Crippen LogP contribution is 2.67. The largest absolute Gasteiger partial charge is 0.508 e. The van der Waals surface area contributed by atoms with Crippen molar-refractivity contribution < 1.29 is 29.9 Å². The maximum atomic E-state index is 10.4. The van der Waals surface area contributed by atoms with Gasteiger partial charge in [0.25, 0.3) is 0 Å². The van der Waals surface area contributed by atoms with Crippen molar-refractivity contribution in [3.8, 4) is 34.5 Å². The summed E-state index contributed by atoms with van der Waals surface area (Å²) in [6.45, 7) is 8.19. The predicted molar refractivity (Wildman–Crippen MR) is 155 cm³/mol. The normalized spacial score (nSPS) is 19.8. The molecule has 204 valence electrons. The van der Waals surface area contributed by atoms with Gasteiger partial charge in [0.05, 0.1) is 0 Å². The van der Waals surface area contributed by atoms with E-state index in [9.17, 15) is 20.4 Å². The molecule has 4 aromatic rings. The number of hydrogen-bond donors (Lipinski definition) is 4. The second kappa shape index (κ2) is 11.5. The average molecular weight is 537 g/mol. The highest BCUT2D eigenvalue weighted by atomic mass is 16.5. The molecule has 5 rings (SSSR count). The molecule has 0 aliphatic heterocycles. The predicted octanol–water partition coefficient (Wildman–Crippen LogP) is 7.09. The zero-order chi connectivity index (χ0) is 28.2. The van der Waals surface area contributed by atoms with Gasteiger partial charge in [0.1, 0.15) is 47.7 Å². The van der Waals surface area contributed by atoms with Crippen molar-refractivity contribution in [3.63, 3.8) is 0 Å². The number of phenols is 4. The lowest BCUT2D eigenvalue weighted by atomic mass is 9.49. The Kier molecular flexibility index (Phi) is 7.69. The molecule has 0 aromatic heterocycles. The van der Waals surface area contributed by atoms with Crippen molar-refractivity contribution in [1.29, 1.82) is 0 Å². The highest BCUT2D eigenvalue weighted by molar-refractivity contribution is 5.53. The fourth-order valence-electron chi connectivity index (χ4n) is 5.91. The van der Waals surface area contributed by atoms with Crippen LogP contribution in [0.4, 0.5) is 0 Å². The summed E-state index contributed by atoms with van der Waals surface area (Å²) in [5.41, 5.74) is 3.61. The van der Waals surface area contributed by atoms with Gasteiger partial charge < -0.3 is 29.9 Å². The molecule has 4 N–H and O–H groups in total. The van der Waals surface area contributed by atoms with Gasteiger partial charge in [0, 0.05) is 12.1 Å². The summed E-state index contributed by atoms with van der Waals surface area (Å²) in [4.78, 5) is 0. The van der Waals surface area contributed by atoms with E-state index in [0.717, 1.165) is 22.3 Å². The Morgan fingerprint density at radius 2 is 0.775 bits per heavy atom. The van der Waals surface area contributed by atoms with Gasteiger partial charge in [-0.1, -0.05) is 49.6 Å². The first-order chi connectivity index (χ1) is 19.4. The van der Waals surface area contributed by atoms with Gasteiger partial charge in [0.2, 0.25) is 0 Å². The lowest BCUT2D eigenvalue weighted by molar-refractivity contribution is 0.227. The van der Waals surface area contributed by atoms with Crippen LogP contribution in [0.15, 0.2) is 110 Å². The van der Waals surface area contributed by atoms with Gasteiger partial charge in [-0.15, -0.1) is 0 Å². The fourth-order valence-corrected chi connectivity index (χ4v) is 5.91. The molecule has 1 aliphatic rings. The summed E-state index contributed by atoms with van der Waals surface area (Å²) in [5, 5.41) is 41.6. The number of rotatable bonds is 10. The van der Waals surface area contributed by atoms with Crippen molar-refractivity contribution >= 4 is 0 Å². The van der Waals surface area contributed by atoms with Crippen molar-refractivity contribution in [2.24, 2.45) is 0 Å². The molecule has 1 saturated carbocycles. The molecule has 40 heavy (non-hydrogen) atoms. The number of hydrogen-bond acceptors (Lipinski definition) is 6. The van der Waals surface area contributed by atoms with E-state index in [-0.39, 0.29) is 46.7 Å². The maximum absolute atomic E-state index is 10.4. The van der Waals surface area contributed by atoms with E-state index in [0.29, 0.717) is 24.7 Å². The minimum absolute atomic E-state index is 0.0210. The average Bonchev–Trinajstić information content (AvgIpc) is 2.90. The molecule has 0 heterocycles. The van der Waals surface area contributed by atoms with Crippen molar-refractivity contribution in [1.82, 2.24) is 0 Å². The Labute approximate surface area is 233 Å². The summed E-state index contributed by atoms with van der Waals surface area (Å²) in [6.07, 6.45) is 3.37. The molecule has 0 bridgehead atoms.